The molecule has 332 valence electrons. The Morgan fingerprint density at radius 3 is 1.24 bits per heavy atom. The molecular weight excluding hydrogens is 847 g/mol. The molecule has 0 amide bonds. The quantitative estimate of drug-likeness (QED) is 0.139. The normalized spacial score (nSPS) is 13.1. The number of hydrogen-bond donors (Lipinski definition) is 0. The second-order valence-electron chi connectivity index (χ2n) is 19.1. The van der Waals surface area contributed by atoms with E-state index < -0.39 is 0 Å². The lowest BCUT2D eigenvalue weighted by Gasteiger charge is -2.31. The number of aromatic nitrogens is 2. The molecule has 3 heteroatoms. The third-order valence-corrected chi connectivity index (χ3v) is 15.2. The summed E-state index contributed by atoms with van der Waals surface area (Å²) < 4.78 is 4.84. The molecule has 1 aliphatic carbocycles. The van der Waals surface area contributed by atoms with Crippen molar-refractivity contribution in [2.24, 2.45) is 0 Å². The first kappa shape index (κ1) is 40.4. The van der Waals surface area contributed by atoms with Crippen LogP contribution in [0.15, 0.2) is 243 Å². The average Bonchev–Trinajstić information content (AvgIpc) is 4.17. The summed E-state index contributed by atoms with van der Waals surface area (Å²) in [5.41, 5.74) is 16.9. The number of anilines is 3. The smallest absolute Gasteiger partial charge is 0.0618 e. The standard InChI is InChI=1S/C67H49N3/c1-5-19-45(20-6-1)48-34-38-57-60(41-48)66(47-23-13-14-24-47)56-37-33-49(46-21-7-2-8-22-46)42-61(56)67(57)68(52-35-39-64-58(43-52)54-29-15-17-31-62(54)69(64)50-25-9-3-10-26-50)53-36-40-65-59(44-53)55-30-16-18-32-63(55)70(65)51-27-11-4-12-28-51/h1-12,15-22,25-44,47H,13-14,23-24H2. The Kier molecular flexibility index (Phi) is 9.55. The zero-order chi connectivity index (χ0) is 46.1. The highest BCUT2D eigenvalue weighted by Gasteiger charge is 2.29. The van der Waals surface area contributed by atoms with Crippen LogP contribution in [0.4, 0.5) is 17.1 Å². The summed E-state index contributed by atoms with van der Waals surface area (Å²) in [6, 6.07) is 90.2. The molecule has 1 fully saturated rings. The molecule has 2 aromatic heterocycles. The van der Waals surface area contributed by atoms with Crippen LogP contribution in [-0.4, -0.2) is 9.13 Å². The maximum atomic E-state index is 2.60. The molecule has 14 rings (SSSR count). The van der Waals surface area contributed by atoms with E-state index in [1.165, 1.54) is 124 Å². The van der Waals surface area contributed by atoms with Crippen LogP contribution in [-0.2, 0) is 0 Å². The zero-order valence-corrected chi connectivity index (χ0v) is 38.8. The van der Waals surface area contributed by atoms with Gasteiger partial charge in [0.15, 0.2) is 0 Å². The molecule has 1 saturated carbocycles. The van der Waals surface area contributed by atoms with Crippen LogP contribution in [0.2, 0.25) is 0 Å². The minimum atomic E-state index is 0.474. The molecule has 0 radical (unpaired) electrons. The molecule has 1 aliphatic rings. The SMILES string of the molecule is c1ccc(-c2ccc3c(N(c4ccc5c(c4)c4ccccc4n5-c4ccccc4)c4ccc5c(c4)c4ccccc4n5-c4ccccc4)c4cc(-c5ccccc5)ccc4c(C4CCCC4)c3c2)cc1. The highest BCUT2D eigenvalue weighted by molar-refractivity contribution is 6.20. The topological polar surface area (TPSA) is 13.1 Å². The highest BCUT2D eigenvalue weighted by Crippen LogP contribution is 2.52. The van der Waals surface area contributed by atoms with E-state index >= 15 is 0 Å². The van der Waals surface area contributed by atoms with Crippen LogP contribution in [0.25, 0.3) is 98.8 Å². The fourth-order valence-corrected chi connectivity index (χ4v) is 12.1. The fourth-order valence-electron chi connectivity index (χ4n) is 12.1. The van der Waals surface area contributed by atoms with Gasteiger partial charge in [0, 0.05) is 55.1 Å². The van der Waals surface area contributed by atoms with Crippen LogP contribution < -0.4 is 4.90 Å². The van der Waals surface area contributed by atoms with E-state index in [-0.39, 0.29) is 0 Å². The van der Waals surface area contributed by atoms with Crippen molar-refractivity contribution < 1.29 is 0 Å². The maximum Gasteiger partial charge on any atom is 0.0618 e. The zero-order valence-electron chi connectivity index (χ0n) is 38.8. The van der Waals surface area contributed by atoms with Crippen LogP contribution in [0.1, 0.15) is 37.2 Å². The van der Waals surface area contributed by atoms with E-state index in [1.54, 1.807) is 0 Å². The van der Waals surface area contributed by atoms with Gasteiger partial charge < -0.3 is 14.0 Å². The lowest BCUT2D eigenvalue weighted by atomic mass is 9.84. The molecule has 13 aromatic rings. The van der Waals surface area contributed by atoms with Gasteiger partial charge in [0.05, 0.1) is 27.8 Å². The van der Waals surface area contributed by atoms with E-state index in [0.29, 0.717) is 5.92 Å². The number of rotatable bonds is 8. The van der Waals surface area contributed by atoms with Gasteiger partial charge in [0.2, 0.25) is 0 Å². The average molecular weight is 896 g/mol. The van der Waals surface area contributed by atoms with Crippen molar-refractivity contribution in [2.75, 3.05) is 4.90 Å². The molecule has 0 aliphatic heterocycles. The summed E-state index contributed by atoms with van der Waals surface area (Å²) in [5, 5.41) is 10.1. The van der Waals surface area contributed by atoms with Gasteiger partial charge in [-0.05, 0) is 142 Å². The van der Waals surface area contributed by atoms with Crippen molar-refractivity contribution in [2.45, 2.75) is 31.6 Å². The monoisotopic (exact) mass is 895 g/mol. The number of fused-ring (bicyclic) bond motifs is 8. The fraction of sp³-hybridized carbons (Fsp3) is 0.0746. The predicted octanol–water partition coefficient (Wildman–Crippen LogP) is 18.6. The minimum absolute atomic E-state index is 0.474. The minimum Gasteiger partial charge on any atom is -0.309 e. The molecule has 0 unspecified atom stereocenters. The first-order chi connectivity index (χ1) is 34.7. The Hall–Kier alpha value is -8.66. The van der Waals surface area contributed by atoms with E-state index in [2.05, 4.69) is 257 Å². The molecule has 0 saturated heterocycles. The van der Waals surface area contributed by atoms with Gasteiger partial charge in [0.1, 0.15) is 0 Å². The van der Waals surface area contributed by atoms with Crippen molar-refractivity contribution >= 4 is 82.2 Å². The van der Waals surface area contributed by atoms with E-state index in [0.717, 1.165) is 22.7 Å². The summed E-state index contributed by atoms with van der Waals surface area (Å²) in [6.07, 6.45) is 4.92. The van der Waals surface area contributed by atoms with Gasteiger partial charge in [0.25, 0.3) is 0 Å². The van der Waals surface area contributed by atoms with Gasteiger partial charge in [-0.2, -0.15) is 0 Å². The Morgan fingerprint density at radius 2 is 0.729 bits per heavy atom. The van der Waals surface area contributed by atoms with E-state index in [1.807, 2.05) is 0 Å². The number of nitrogens with zero attached hydrogens (tertiary/aromatic N) is 3. The summed E-state index contributed by atoms with van der Waals surface area (Å²) in [4.78, 5) is 2.60. The van der Waals surface area contributed by atoms with Gasteiger partial charge in [-0.1, -0.05) is 171 Å². The largest absolute Gasteiger partial charge is 0.309 e. The predicted molar refractivity (Wildman–Crippen MR) is 297 cm³/mol. The molecule has 2 heterocycles. The van der Waals surface area contributed by atoms with Gasteiger partial charge in [-0.15, -0.1) is 0 Å². The molecule has 0 N–H and O–H groups in total. The highest BCUT2D eigenvalue weighted by atomic mass is 15.1. The van der Waals surface area contributed by atoms with Crippen LogP contribution >= 0.6 is 0 Å². The van der Waals surface area contributed by atoms with Gasteiger partial charge in [-0.3, -0.25) is 0 Å². The van der Waals surface area contributed by atoms with Crippen molar-refractivity contribution in [1.29, 1.82) is 0 Å². The third-order valence-electron chi connectivity index (χ3n) is 15.2. The molecule has 0 atom stereocenters. The summed E-state index contributed by atoms with van der Waals surface area (Å²) in [6.45, 7) is 0. The van der Waals surface area contributed by atoms with Crippen LogP contribution in [0.5, 0.6) is 0 Å². The first-order valence-electron chi connectivity index (χ1n) is 24.9. The maximum absolute atomic E-state index is 2.60. The molecule has 11 aromatic carbocycles. The lowest BCUT2D eigenvalue weighted by molar-refractivity contribution is 0.735. The molecular formula is C67H49N3. The van der Waals surface area contributed by atoms with Crippen LogP contribution in [0.3, 0.4) is 0 Å². The second kappa shape index (κ2) is 16.5. The van der Waals surface area contributed by atoms with E-state index in [4.69, 9.17) is 0 Å². The van der Waals surface area contributed by atoms with Crippen molar-refractivity contribution in [3.63, 3.8) is 0 Å². The van der Waals surface area contributed by atoms with Crippen molar-refractivity contribution in [3.05, 3.63) is 248 Å². The second-order valence-corrected chi connectivity index (χ2v) is 19.1. The Labute approximate surface area is 407 Å². The van der Waals surface area contributed by atoms with Gasteiger partial charge in [-0.25, -0.2) is 0 Å². The van der Waals surface area contributed by atoms with Crippen molar-refractivity contribution in [3.8, 4) is 33.6 Å². The van der Waals surface area contributed by atoms with Gasteiger partial charge >= 0.3 is 0 Å². The third kappa shape index (κ3) is 6.49. The molecule has 3 nitrogen and oxygen atoms in total. The van der Waals surface area contributed by atoms with Crippen molar-refractivity contribution in [1.82, 2.24) is 9.13 Å². The Morgan fingerprint density at radius 1 is 0.300 bits per heavy atom. The Balaban J connectivity index is 1.12. The summed E-state index contributed by atoms with van der Waals surface area (Å²) in [5.74, 6) is 0.474. The summed E-state index contributed by atoms with van der Waals surface area (Å²) in [7, 11) is 0. The number of para-hydroxylation sites is 4. The molecule has 70 heavy (non-hydrogen) atoms. The number of hydrogen-bond acceptors (Lipinski definition) is 1. The van der Waals surface area contributed by atoms with Crippen LogP contribution in [0, 0.1) is 0 Å². The summed E-state index contributed by atoms with van der Waals surface area (Å²) >= 11 is 0. The lowest BCUT2D eigenvalue weighted by Crippen LogP contribution is -2.12. The number of benzene rings is 11. The van der Waals surface area contributed by atoms with E-state index in [9.17, 15) is 0 Å². The molecule has 0 bridgehead atoms. The Bertz CT molecular complexity index is 3950. The molecule has 0 spiro atoms. The first-order valence-corrected chi connectivity index (χ1v) is 24.9.